The SMILES string of the molecule is Cl.O=C(NCCC(=O)N1CCCCC1)[C@H]1CCCCN1. The lowest BCUT2D eigenvalue weighted by Crippen LogP contribution is -2.47. The molecule has 2 rings (SSSR count). The Hall–Kier alpha value is -0.810. The average molecular weight is 304 g/mol. The summed E-state index contributed by atoms with van der Waals surface area (Å²) in [6.07, 6.45) is 7.06. The second-order valence-corrected chi connectivity index (χ2v) is 5.48. The van der Waals surface area contributed by atoms with E-state index in [1.807, 2.05) is 4.90 Å². The number of nitrogens with one attached hydrogen (secondary N) is 2. The molecular weight excluding hydrogens is 278 g/mol. The zero-order chi connectivity index (χ0) is 13.5. The molecule has 2 aliphatic rings. The standard InChI is InChI=1S/C14H25N3O2.ClH/c18-13(17-10-4-1-5-11-17)7-9-16-14(19)12-6-2-3-8-15-12;/h12,15H,1-11H2,(H,16,19);1H/t12-;/m1./s1. The zero-order valence-electron chi connectivity index (χ0n) is 12.0. The fourth-order valence-electron chi connectivity index (χ4n) is 2.79. The van der Waals surface area contributed by atoms with E-state index >= 15 is 0 Å². The minimum absolute atomic E-state index is 0. The lowest BCUT2D eigenvalue weighted by atomic mass is 10.0. The fourth-order valence-corrected chi connectivity index (χ4v) is 2.79. The maximum atomic E-state index is 11.9. The minimum atomic E-state index is -0.0566. The van der Waals surface area contributed by atoms with Crippen molar-refractivity contribution in [3.63, 3.8) is 0 Å². The summed E-state index contributed by atoms with van der Waals surface area (Å²) >= 11 is 0. The molecule has 116 valence electrons. The van der Waals surface area contributed by atoms with Crippen LogP contribution in [0.15, 0.2) is 0 Å². The molecule has 0 aromatic rings. The van der Waals surface area contributed by atoms with Crippen LogP contribution in [0.4, 0.5) is 0 Å². The summed E-state index contributed by atoms with van der Waals surface area (Å²) in [6, 6.07) is -0.0566. The Balaban J connectivity index is 0.00000200. The van der Waals surface area contributed by atoms with Crippen molar-refractivity contribution in [3.05, 3.63) is 0 Å². The largest absolute Gasteiger partial charge is 0.354 e. The third-order valence-corrected chi connectivity index (χ3v) is 3.97. The molecule has 2 aliphatic heterocycles. The predicted molar refractivity (Wildman–Crippen MR) is 80.9 cm³/mol. The lowest BCUT2D eigenvalue weighted by molar-refractivity contribution is -0.132. The van der Waals surface area contributed by atoms with Crippen molar-refractivity contribution in [2.45, 2.75) is 51.0 Å². The number of hydrogen-bond donors (Lipinski definition) is 2. The van der Waals surface area contributed by atoms with Crippen molar-refractivity contribution >= 4 is 24.2 Å². The van der Waals surface area contributed by atoms with Crippen LogP contribution in [0.3, 0.4) is 0 Å². The molecule has 0 aromatic carbocycles. The number of piperidine rings is 2. The topological polar surface area (TPSA) is 61.4 Å². The first-order valence-corrected chi connectivity index (χ1v) is 7.56. The highest BCUT2D eigenvalue weighted by Crippen LogP contribution is 2.10. The Morgan fingerprint density at radius 1 is 1.10 bits per heavy atom. The van der Waals surface area contributed by atoms with E-state index in [-0.39, 0.29) is 30.3 Å². The van der Waals surface area contributed by atoms with Crippen molar-refractivity contribution in [2.24, 2.45) is 0 Å². The summed E-state index contributed by atoms with van der Waals surface area (Å²) in [5.74, 6) is 0.225. The Kier molecular flexibility index (Phi) is 7.92. The first-order chi connectivity index (χ1) is 9.27. The van der Waals surface area contributed by atoms with Crippen molar-refractivity contribution in [1.29, 1.82) is 0 Å². The van der Waals surface area contributed by atoms with E-state index in [0.29, 0.717) is 13.0 Å². The van der Waals surface area contributed by atoms with Gasteiger partial charge in [0, 0.05) is 26.1 Å². The van der Waals surface area contributed by atoms with Gasteiger partial charge in [-0.3, -0.25) is 9.59 Å². The van der Waals surface area contributed by atoms with Gasteiger partial charge in [-0.2, -0.15) is 0 Å². The fraction of sp³-hybridized carbons (Fsp3) is 0.857. The van der Waals surface area contributed by atoms with Gasteiger partial charge < -0.3 is 15.5 Å². The normalized spacial score (nSPS) is 22.8. The van der Waals surface area contributed by atoms with Crippen LogP contribution in [0, 0.1) is 0 Å². The Morgan fingerprint density at radius 2 is 1.85 bits per heavy atom. The van der Waals surface area contributed by atoms with Crippen LogP contribution < -0.4 is 10.6 Å². The molecule has 2 N–H and O–H groups in total. The number of rotatable bonds is 4. The van der Waals surface area contributed by atoms with E-state index in [4.69, 9.17) is 0 Å². The van der Waals surface area contributed by atoms with Crippen LogP contribution in [0.2, 0.25) is 0 Å². The Morgan fingerprint density at radius 3 is 2.50 bits per heavy atom. The van der Waals surface area contributed by atoms with E-state index < -0.39 is 0 Å². The average Bonchev–Trinajstić information content (AvgIpc) is 2.49. The molecular formula is C14H26ClN3O2. The van der Waals surface area contributed by atoms with Crippen molar-refractivity contribution < 1.29 is 9.59 Å². The smallest absolute Gasteiger partial charge is 0.237 e. The first kappa shape index (κ1) is 17.2. The highest BCUT2D eigenvalue weighted by Gasteiger charge is 2.21. The summed E-state index contributed by atoms with van der Waals surface area (Å²) in [5.41, 5.74) is 0. The molecule has 5 nitrogen and oxygen atoms in total. The van der Waals surface area contributed by atoms with E-state index in [0.717, 1.165) is 51.7 Å². The third kappa shape index (κ3) is 5.29. The van der Waals surface area contributed by atoms with Gasteiger partial charge in [-0.15, -0.1) is 12.4 Å². The predicted octanol–water partition coefficient (Wildman–Crippen LogP) is 1.07. The second kappa shape index (κ2) is 9.19. The maximum absolute atomic E-state index is 11.9. The zero-order valence-corrected chi connectivity index (χ0v) is 12.8. The van der Waals surface area contributed by atoms with Crippen LogP contribution >= 0.6 is 12.4 Å². The number of amides is 2. The van der Waals surface area contributed by atoms with Gasteiger partial charge >= 0.3 is 0 Å². The Labute approximate surface area is 127 Å². The number of halogens is 1. The molecule has 2 fully saturated rings. The summed E-state index contributed by atoms with van der Waals surface area (Å²) in [6.45, 7) is 3.16. The van der Waals surface area contributed by atoms with Crippen LogP contribution in [0.25, 0.3) is 0 Å². The molecule has 2 saturated heterocycles. The van der Waals surface area contributed by atoms with E-state index in [2.05, 4.69) is 10.6 Å². The summed E-state index contributed by atoms with van der Waals surface area (Å²) < 4.78 is 0. The quantitative estimate of drug-likeness (QED) is 0.817. The monoisotopic (exact) mass is 303 g/mol. The molecule has 2 heterocycles. The van der Waals surface area contributed by atoms with Gasteiger partial charge in [0.15, 0.2) is 0 Å². The van der Waals surface area contributed by atoms with E-state index in [9.17, 15) is 9.59 Å². The lowest BCUT2D eigenvalue weighted by Gasteiger charge is -2.27. The Bertz CT molecular complexity index is 284. The van der Waals surface area contributed by atoms with Gasteiger partial charge in [0.05, 0.1) is 6.04 Å². The van der Waals surface area contributed by atoms with Crippen LogP contribution in [-0.4, -0.2) is 48.9 Å². The number of carbonyl (C=O) groups is 2. The highest BCUT2D eigenvalue weighted by molar-refractivity contribution is 5.85. The van der Waals surface area contributed by atoms with Gasteiger partial charge in [0.25, 0.3) is 0 Å². The molecule has 20 heavy (non-hydrogen) atoms. The van der Waals surface area contributed by atoms with E-state index in [1.54, 1.807) is 0 Å². The number of nitrogens with zero attached hydrogens (tertiary/aromatic N) is 1. The van der Waals surface area contributed by atoms with Crippen LogP contribution in [-0.2, 0) is 9.59 Å². The van der Waals surface area contributed by atoms with Gasteiger partial charge in [-0.05, 0) is 38.6 Å². The highest BCUT2D eigenvalue weighted by atomic mass is 35.5. The second-order valence-electron chi connectivity index (χ2n) is 5.48. The van der Waals surface area contributed by atoms with Crippen LogP contribution in [0.5, 0.6) is 0 Å². The number of hydrogen-bond acceptors (Lipinski definition) is 3. The van der Waals surface area contributed by atoms with Gasteiger partial charge in [-0.25, -0.2) is 0 Å². The molecule has 0 aromatic heterocycles. The molecule has 2 amide bonds. The van der Waals surface area contributed by atoms with Crippen molar-refractivity contribution in [1.82, 2.24) is 15.5 Å². The van der Waals surface area contributed by atoms with Gasteiger partial charge in [-0.1, -0.05) is 6.42 Å². The molecule has 0 radical (unpaired) electrons. The number of likely N-dealkylation sites (tertiary alicyclic amines) is 1. The van der Waals surface area contributed by atoms with Crippen molar-refractivity contribution in [3.8, 4) is 0 Å². The third-order valence-electron chi connectivity index (χ3n) is 3.97. The maximum Gasteiger partial charge on any atom is 0.237 e. The first-order valence-electron chi connectivity index (χ1n) is 7.56. The van der Waals surface area contributed by atoms with Crippen molar-refractivity contribution in [2.75, 3.05) is 26.2 Å². The minimum Gasteiger partial charge on any atom is -0.354 e. The summed E-state index contributed by atoms with van der Waals surface area (Å²) in [5, 5.41) is 6.09. The number of carbonyl (C=O) groups excluding carboxylic acids is 2. The molecule has 0 unspecified atom stereocenters. The molecule has 0 spiro atoms. The molecule has 0 bridgehead atoms. The molecule has 6 heteroatoms. The van der Waals surface area contributed by atoms with Gasteiger partial charge in [0.2, 0.25) is 11.8 Å². The summed E-state index contributed by atoms with van der Waals surface area (Å²) in [4.78, 5) is 25.7. The molecule has 0 saturated carbocycles. The molecule has 0 aliphatic carbocycles. The summed E-state index contributed by atoms with van der Waals surface area (Å²) in [7, 11) is 0. The molecule has 1 atom stereocenters. The van der Waals surface area contributed by atoms with Crippen LogP contribution in [0.1, 0.15) is 44.9 Å². The van der Waals surface area contributed by atoms with Gasteiger partial charge in [0.1, 0.15) is 0 Å². The van der Waals surface area contributed by atoms with E-state index in [1.165, 1.54) is 6.42 Å².